The summed E-state index contributed by atoms with van der Waals surface area (Å²) < 4.78 is 58.1. The molecule has 0 N–H and O–H groups in total. The molecule has 0 spiro atoms. The second kappa shape index (κ2) is 2.48. The lowest BCUT2D eigenvalue weighted by atomic mass is 10.7. The molecule has 0 saturated carbocycles. The summed E-state index contributed by atoms with van der Waals surface area (Å²) in [5, 5.41) is 0. The molecule has 0 aliphatic heterocycles. The van der Waals surface area contributed by atoms with E-state index in [9.17, 15) is 22.0 Å². The molecule has 0 saturated heterocycles. The van der Waals surface area contributed by atoms with Gasteiger partial charge in [0, 0.05) is 0 Å². The minimum Gasteiger partial charge on any atom is -0.202 e. The maximum atomic E-state index is 12.0. The van der Waals surface area contributed by atoms with Gasteiger partial charge in [-0.15, -0.1) is 0 Å². The molecule has 0 nitrogen and oxygen atoms in total. The van der Waals surface area contributed by atoms with Gasteiger partial charge in [0.05, 0.1) is 0 Å². The maximum Gasteiger partial charge on any atom is 0.448 e. The lowest BCUT2D eigenvalue weighted by Crippen LogP contribution is -2.46. The van der Waals surface area contributed by atoms with Crippen LogP contribution in [-0.2, 0) is 0 Å². The average molecular weight is 178 g/mol. The van der Waals surface area contributed by atoms with E-state index < -0.39 is 20.5 Å². The van der Waals surface area contributed by atoms with Gasteiger partial charge in [-0.2, -0.15) is 13.2 Å². The second-order valence-corrected chi connectivity index (χ2v) is 5.31. The Bertz CT molecular complexity index is 115. The van der Waals surface area contributed by atoms with Gasteiger partial charge in [0.2, 0.25) is 0 Å². The number of halogens is 5. The highest BCUT2D eigenvalue weighted by molar-refractivity contribution is 6.58. The first kappa shape index (κ1) is 9.87. The first-order valence-electron chi connectivity index (χ1n) is 2.64. The van der Waals surface area contributed by atoms with E-state index in [4.69, 9.17) is 0 Å². The van der Waals surface area contributed by atoms with Crippen molar-refractivity contribution in [2.75, 3.05) is 0 Å². The van der Waals surface area contributed by atoms with E-state index in [2.05, 4.69) is 0 Å². The van der Waals surface area contributed by atoms with Crippen molar-refractivity contribution in [1.82, 2.24) is 0 Å². The Morgan fingerprint density at radius 1 is 0.900 bits per heavy atom. The molecule has 0 bridgehead atoms. The molecule has 10 heavy (non-hydrogen) atoms. The zero-order valence-corrected chi connectivity index (χ0v) is 6.62. The Morgan fingerprint density at radius 2 is 1.20 bits per heavy atom. The van der Waals surface area contributed by atoms with Gasteiger partial charge < -0.3 is 0 Å². The molecule has 0 aromatic heterocycles. The van der Waals surface area contributed by atoms with E-state index in [1.165, 1.54) is 0 Å². The van der Waals surface area contributed by atoms with Gasteiger partial charge in [-0.3, -0.25) is 0 Å². The Labute approximate surface area is 56.6 Å². The Hall–Kier alpha value is -0.133. The zero-order chi connectivity index (χ0) is 8.58. The highest BCUT2D eigenvalue weighted by Gasteiger charge is 2.59. The fourth-order valence-electron chi connectivity index (χ4n) is 0.327. The van der Waals surface area contributed by atoms with Crippen molar-refractivity contribution >= 4 is 8.80 Å². The highest BCUT2D eigenvalue weighted by atomic mass is 28.3. The van der Waals surface area contributed by atoms with Gasteiger partial charge in [0.1, 0.15) is 8.80 Å². The predicted molar refractivity (Wildman–Crippen MR) is 29.9 cm³/mol. The molecule has 6 heteroatoms. The molecule has 0 amide bonds. The molecule has 0 aliphatic carbocycles. The van der Waals surface area contributed by atoms with Crippen LogP contribution < -0.4 is 0 Å². The van der Waals surface area contributed by atoms with Crippen molar-refractivity contribution in [3.63, 3.8) is 0 Å². The summed E-state index contributed by atoms with van der Waals surface area (Å²) in [7, 11) is -2.96. The molecule has 0 aromatic rings. The van der Waals surface area contributed by atoms with Crippen molar-refractivity contribution in [3.8, 4) is 0 Å². The summed E-state index contributed by atoms with van der Waals surface area (Å²) in [4.78, 5) is 0. The number of alkyl halides is 5. The third-order valence-electron chi connectivity index (χ3n) is 1.10. The van der Waals surface area contributed by atoms with Crippen molar-refractivity contribution in [2.24, 2.45) is 0 Å². The van der Waals surface area contributed by atoms with Crippen molar-refractivity contribution in [1.29, 1.82) is 0 Å². The molecule has 62 valence electrons. The minimum atomic E-state index is -5.35. The van der Waals surface area contributed by atoms with E-state index >= 15 is 0 Å². The van der Waals surface area contributed by atoms with Crippen molar-refractivity contribution in [2.45, 2.75) is 24.8 Å². The lowest BCUT2D eigenvalue weighted by Gasteiger charge is -2.21. The van der Waals surface area contributed by atoms with Crippen LogP contribution in [0.1, 0.15) is 0 Å². The van der Waals surface area contributed by atoms with Crippen LogP contribution in [0.15, 0.2) is 0 Å². The monoisotopic (exact) mass is 178 g/mol. The van der Waals surface area contributed by atoms with Crippen LogP contribution in [0.25, 0.3) is 0 Å². The molecular formula is C4H7F5Si. The fourth-order valence-corrected chi connectivity index (χ4v) is 0.982. The quantitative estimate of drug-likeness (QED) is 0.426. The number of rotatable bonds is 1. The first-order chi connectivity index (χ1) is 4.19. The zero-order valence-electron chi connectivity index (χ0n) is 5.47. The van der Waals surface area contributed by atoms with Crippen LogP contribution >= 0.6 is 0 Å². The van der Waals surface area contributed by atoms with E-state index in [0.29, 0.717) is 0 Å². The number of hydrogen-bond acceptors (Lipinski definition) is 0. The van der Waals surface area contributed by atoms with Crippen LogP contribution in [0.3, 0.4) is 0 Å². The van der Waals surface area contributed by atoms with Crippen LogP contribution in [0.5, 0.6) is 0 Å². The van der Waals surface area contributed by atoms with Crippen LogP contribution in [0, 0.1) is 0 Å². The normalized spacial score (nSPS) is 14.4. The van der Waals surface area contributed by atoms with Gasteiger partial charge in [-0.05, 0) is 0 Å². The molecule has 0 atom stereocenters. The lowest BCUT2D eigenvalue weighted by molar-refractivity contribution is -0.245. The van der Waals surface area contributed by atoms with Gasteiger partial charge in [-0.1, -0.05) is 13.1 Å². The van der Waals surface area contributed by atoms with Crippen LogP contribution in [-0.4, -0.2) is 20.5 Å². The van der Waals surface area contributed by atoms with Gasteiger partial charge in [0.15, 0.2) is 0 Å². The van der Waals surface area contributed by atoms with Crippen molar-refractivity contribution < 1.29 is 22.0 Å². The fraction of sp³-hybridized carbons (Fsp3) is 1.00. The summed E-state index contributed by atoms with van der Waals surface area (Å²) in [6, 6.07) is 0. The third kappa shape index (κ3) is 1.68. The minimum absolute atomic E-state index is 0.966. The van der Waals surface area contributed by atoms with E-state index in [0.717, 1.165) is 13.1 Å². The SMILES string of the molecule is C[SiH](C)C(F)(F)C(F)(F)F. The van der Waals surface area contributed by atoms with Gasteiger partial charge in [-0.25, -0.2) is 8.78 Å². The maximum absolute atomic E-state index is 12.0. The second-order valence-electron chi connectivity index (χ2n) is 2.28. The predicted octanol–water partition coefficient (Wildman–Crippen LogP) is 2.21. The summed E-state index contributed by atoms with van der Waals surface area (Å²) in [5.41, 5.74) is -4.42. The molecule has 0 rings (SSSR count). The first-order valence-corrected chi connectivity index (χ1v) is 5.53. The van der Waals surface area contributed by atoms with Crippen molar-refractivity contribution in [3.05, 3.63) is 0 Å². The summed E-state index contributed by atoms with van der Waals surface area (Å²) in [6.45, 7) is 1.93. The summed E-state index contributed by atoms with van der Waals surface area (Å²) in [5.74, 6) is 0. The van der Waals surface area contributed by atoms with E-state index in [1.54, 1.807) is 0 Å². The van der Waals surface area contributed by atoms with E-state index in [1.807, 2.05) is 0 Å². The van der Waals surface area contributed by atoms with E-state index in [-0.39, 0.29) is 0 Å². The third-order valence-corrected chi connectivity index (χ3v) is 2.88. The standard InChI is InChI=1S/C4H7F5Si/c1-10(2)4(8,9)3(5,6)7/h10H,1-2H3. The van der Waals surface area contributed by atoms with Gasteiger partial charge in [0.25, 0.3) is 0 Å². The van der Waals surface area contributed by atoms with Crippen LogP contribution in [0.4, 0.5) is 22.0 Å². The topological polar surface area (TPSA) is 0 Å². The Balaban J connectivity index is 4.40. The van der Waals surface area contributed by atoms with Crippen LogP contribution in [0.2, 0.25) is 13.1 Å². The highest BCUT2D eigenvalue weighted by Crippen LogP contribution is 2.37. The summed E-state index contributed by atoms with van der Waals surface area (Å²) >= 11 is 0. The Kier molecular flexibility index (Phi) is 2.45. The Morgan fingerprint density at radius 3 is 1.20 bits per heavy atom. The summed E-state index contributed by atoms with van der Waals surface area (Å²) in [6.07, 6.45) is -5.35. The van der Waals surface area contributed by atoms with Gasteiger partial charge >= 0.3 is 11.7 Å². The smallest absolute Gasteiger partial charge is 0.202 e. The molecule has 0 unspecified atom stereocenters. The largest absolute Gasteiger partial charge is 0.448 e. The molecule has 0 aromatic carbocycles. The molecular weight excluding hydrogens is 171 g/mol. The molecule has 0 fully saturated rings. The molecule has 0 aliphatic rings. The average Bonchev–Trinajstić information content (AvgIpc) is 1.62. The molecule has 0 radical (unpaired) electrons. The molecule has 0 heterocycles. The number of hydrogen-bond donors (Lipinski definition) is 0.